The normalized spacial score (nSPS) is 64.0. The Morgan fingerprint density at radius 1 is 1.19 bits per heavy atom. The molecular weight excluding hydrogens is 352 g/mol. The second-order valence-electron chi connectivity index (χ2n) is 10.1. The summed E-state index contributed by atoms with van der Waals surface area (Å²) in [7, 11) is 0. The fraction of sp³-hybridized carbons (Fsp3) is 0.850. The van der Waals surface area contributed by atoms with Crippen LogP contribution in [0.25, 0.3) is 0 Å². The Hall–Kier alpha value is -0.990. The zero-order chi connectivity index (χ0) is 18.8. The maximum absolute atomic E-state index is 12.1. The van der Waals surface area contributed by atoms with Gasteiger partial charge in [-0.15, -0.1) is 0 Å². The van der Waals surface area contributed by atoms with Crippen LogP contribution in [0.1, 0.15) is 40.0 Å². The van der Waals surface area contributed by atoms with E-state index in [4.69, 9.17) is 18.9 Å². The number of cyclic esters (lactones) is 1. The molecule has 7 rings (SSSR count). The van der Waals surface area contributed by atoms with E-state index in [9.17, 15) is 15.0 Å². The number of esters is 1. The van der Waals surface area contributed by atoms with Gasteiger partial charge in [0.2, 0.25) is 0 Å². The highest BCUT2D eigenvalue weighted by Crippen LogP contribution is 2.83. The van der Waals surface area contributed by atoms with Gasteiger partial charge in [0.1, 0.15) is 41.7 Å². The van der Waals surface area contributed by atoms with E-state index in [1.54, 1.807) is 0 Å². The number of carbonyl (C=O) groups is 1. The lowest BCUT2D eigenvalue weighted by atomic mass is 9.45. The minimum absolute atomic E-state index is 0.138. The second-order valence-corrected chi connectivity index (χ2v) is 10.1. The summed E-state index contributed by atoms with van der Waals surface area (Å²) >= 11 is 0. The largest absolute Gasteiger partial charge is 0.458 e. The third-order valence-electron chi connectivity index (χ3n) is 9.27. The van der Waals surface area contributed by atoms with Gasteiger partial charge in [-0.2, -0.15) is 0 Å². The quantitative estimate of drug-likeness (QED) is 0.498. The van der Waals surface area contributed by atoms with E-state index >= 15 is 0 Å². The molecule has 0 amide bonds. The molecule has 0 bridgehead atoms. The number of hydrogen-bond acceptors (Lipinski definition) is 7. The third kappa shape index (κ3) is 1.20. The molecule has 2 spiro atoms. The molecule has 1 unspecified atom stereocenters. The van der Waals surface area contributed by atoms with E-state index in [1.165, 1.54) is 0 Å². The predicted molar refractivity (Wildman–Crippen MR) is 88.5 cm³/mol. The molecule has 2 saturated carbocycles. The molecule has 0 radical (unpaired) electrons. The Balaban J connectivity index is 1.42. The SMILES string of the molecule is CC(C)C12O[C@H]1[C@@H]1O[C@]13[C@]1(O[C@H]1C[C@@]1(O)C4=C(CC[C@]31C)C(=O)OC4)[C@@H]2O. The van der Waals surface area contributed by atoms with Crippen molar-refractivity contribution in [1.29, 1.82) is 0 Å². The van der Waals surface area contributed by atoms with Gasteiger partial charge in [0, 0.05) is 23.0 Å². The predicted octanol–water partition coefficient (Wildman–Crippen LogP) is 0.218. The van der Waals surface area contributed by atoms with Crippen LogP contribution in [0.4, 0.5) is 0 Å². The van der Waals surface area contributed by atoms with Crippen molar-refractivity contribution in [1.82, 2.24) is 0 Å². The fourth-order valence-electron chi connectivity index (χ4n) is 7.70. The van der Waals surface area contributed by atoms with Crippen molar-refractivity contribution in [3.8, 4) is 0 Å². The van der Waals surface area contributed by atoms with E-state index in [-0.39, 0.29) is 36.8 Å². The van der Waals surface area contributed by atoms with Crippen molar-refractivity contribution in [2.24, 2.45) is 11.3 Å². The first-order valence-corrected chi connectivity index (χ1v) is 10.0. The molecular formula is C20H24O7. The van der Waals surface area contributed by atoms with Crippen LogP contribution < -0.4 is 0 Å². The highest BCUT2D eigenvalue weighted by Gasteiger charge is 3.02. The van der Waals surface area contributed by atoms with E-state index in [0.717, 1.165) is 0 Å². The Morgan fingerprint density at radius 2 is 1.96 bits per heavy atom. The summed E-state index contributed by atoms with van der Waals surface area (Å²) in [6, 6.07) is 0. The molecule has 7 aliphatic rings. The Kier molecular flexibility index (Phi) is 2.28. The summed E-state index contributed by atoms with van der Waals surface area (Å²) in [4.78, 5) is 12.1. The highest BCUT2D eigenvalue weighted by atomic mass is 16.7. The molecule has 2 N–H and O–H groups in total. The molecule has 3 aliphatic carbocycles. The van der Waals surface area contributed by atoms with Gasteiger partial charge in [-0.25, -0.2) is 4.79 Å². The molecule has 7 nitrogen and oxygen atoms in total. The summed E-state index contributed by atoms with van der Waals surface area (Å²) in [5.74, 6) is -0.165. The third-order valence-corrected chi connectivity index (χ3v) is 9.27. The monoisotopic (exact) mass is 376 g/mol. The van der Waals surface area contributed by atoms with Gasteiger partial charge < -0.3 is 29.2 Å². The zero-order valence-electron chi connectivity index (χ0n) is 15.7. The number of aliphatic hydroxyl groups is 2. The highest BCUT2D eigenvalue weighted by molar-refractivity contribution is 5.93. The first-order chi connectivity index (χ1) is 12.7. The van der Waals surface area contributed by atoms with Crippen LogP contribution in [0, 0.1) is 11.3 Å². The lowest BCUT2D eigenvalue weighted by molar-refractivity contribution is -0.162. The van der Waals surface area contributed by atoms with Gasteiger partial charge in [0.05, 0.1) is 6.10 Å². The van der Waals surface area contributed by atoms with Gasteiger partial charge in [-0.05, 0) is 18.8 Å². The van der Waals surface area contributed by atoms with Crippen LogP contribution in [0.15, 0.2) is 11.1 Å². The molecule has 0 aromatic heterocycles. The molecule has 0 aromatic carbocycles. The summed E-state index contributed by atoms with van der Waals surface area (Å²) in [6.07, 6.45) is 0.0647. The van der Waals surface area contributed by atoms with Gasteiger partial charge in [-0.1, -0.05) is 20.8 Å². The summed E-state index contributed by atoms with van der Waals surface area (Å²) in [5, 5.41) is 23.4. The van der Waals surface area contributed by atoms with E-state index in [0.29, 0.717) is 30.4 Å². The summed E-state index contributed by atoms with van der Waals surface area (Å²) < 4.78 is 24.0. The molecule has 4 heterocycles. The number of aliphatic hydroxyl groups excluding tert-OH is 1. The van der Waals surface area contributed by atoms with Gasteiger partial charge >= 0.3 is 5.97 Å². The zero-order valence-corrected chi connectivity index (χ0v) is 15.7. The molecule has 27 heavy (non-hydrogen) atoms. The van der Waals surface area contributed by atoms with Crippen molar-refractivity contribution in [3.05, 3.63) is 11.1 Å². The first kappa shape index (κ1) is 15.9. The summed E-state index contributed by atoms with van der Waals surface area (Å²) in [6.45, 7) is 6.30. The number of epoxide rings is 3. The van der Waals surface area contributed by atoms with Crippen molar-refractivity contribution < 1.29 is 34.0 Å². The van der Waals surface area contributed by atoms with Crippen molar-refractivity contribution >= 4 is 5.97 Å². The molecule has 5 fully saturated rings. The first-order valence-electron chi connectivity index (χ1n) is 10.0. The number of rotatable bonds is 1. The standard InChI is InChI=1S/C20H24O7/c1-8(2)18-12(26-18)13-20(27-13)16(3)5-4-9-10(7-24-14(9)21)17(16,23)6-11-19(20,25-11)15(18)22/h8,11-13,15,22-23H,4-7H2,1-3H3/t11-,12-,13-,15+,16-,17+,18?,19+,20+/m0/s1. The minimum Gasteiger partial charge on any atom is -0.458 e. The van der Waals surface area contributed by atoms with E-state index < -0.39 is 33.9 Å². The van der Waals surface area contributed by atoms with Crippen LogP contribution in [0.3, 0.4) is 0 Å². The topological polar surface area (TPSA) is 104 Å². The average molecular weight is 376 g/mol. The Bertz CT molecular complexity index is 866. The van der Waals surface area contributed by atoms with Crippen LogP contribution >= 0.6 is 0 Å². The van der Waals surface area contributed by atoms with Crippen LogP contribution in [0.5, 0.6) is 0 Å². The lowest BCUT2D eigenvalue weighted by Gasteiger charge is -2.57. The lowest BCUT2D eigenvalue weighted by Crippen LogP contribution is -2.74. The molecule has 3 saturated heterocycles. The number of hydrogen-bond donors (Lipinski definition) is 2. The molecule has 146 valence electrons. The van der Waals surface area contributed by atoms with Crippen LogP contribution in [0.2, 0.25) is 0 Å². The van der Waals surface area contributed by atoms with Gasteiger partial charge in [0.15, 0.2) is 5.60 Å². The number of fused-ring (bicyclic) bond motifs is 4. The van der Waals surface area contributed by atoms with Crippen LogP contribution in [-0.2, 0) is 23.7 Å². The molecule has 4 aliphatic heterocycles. The smallest absolute Gasteiger partial charge is 0.334 e. The Labute approximate surface area is 156 Å². The van der Waals surface area contributed by atoms with Gasteiger partial charge in [-0.3, -0.25) is 0 Å². The van der Waals surface area contributed by atoms with Crippen LogP contribution in [-0.4, -0.2) is 69.6 Å². The van der Waals surface area contributed by atoms with E-state index in [2.05, 4.69) is 13.8 Å². The maximum atomic E-state index is 12.1. The fourth-order valence-corrected chi connectivity index (χ4v) is 7.70. The molecule has 7 heteroatoms. The minimum atomic E-state index is -1.22. The summed E-state index contributed by atoms with van der Waals surface area (Å²) in [5.41, 5.74) is -2.79. The van der Waals surface area contributed by atoms with Crippen molar-refractivity contribution in [2.75, 3.05) is 6.61 Å². The Morgan fingerprint density at radius 3 is 2.70 bits per heavy atom. The molecule has 9 atom stereocenters. The number of ether oxygens (including phenoxy) is 4. The molecule has 0 aromatic rings. The average Bonchev–Trinajstić information content (AvgIpc) is 3.49. The number of carbonyl (C=O) groups excluding carboxylic acids is 1. The van der Waals surface area contributed by atoms with Crippen molar-refractivity contribution in [2.45, 2.75) is 86.9 Å². The van der Waals surface area contributed by atoms with Crippen molar-refractivity contribution in [3.63, 3.8) is 0 Å². The van der Waals surface area contributed by atoms with E-state index in [1.807, 2.05) is 6.92 Å². The second kappa shape index (κ2) is 3.87. The maximum Gasteiger partial charge on any atom is 0.334 e. The van der Waals surface area contributed by atoms with Gasteiger partial charge in [0.25, 0.3) is 0 Å².